The Hall–Kier alpha value is -2.11. The molecule has 1 aliphatic carbocycles. The van der Waals surface area contributed by atoms with Gasteiger partial charge in [0.1, 0.15) is 5.52 Å². The van der Waals surface area contributed by atoms with E-state index in [1.807, 2.05) is 6.92 Å². The topological polar surface area (TPSA) is 72.7 Å². The molecule has 1 aliphatic rings. The van der Waals surface area contributed by atoms with E-state index in [9.17, 15) is 9.59 Å². The second-order valence-corrected chi connectivity index (χ2v) is 4.81. The number of rotatable bonds is 3. The molecule has 0 aromatic carbocycles. The van der Waals surface area contributed by atoms with Crippen LogP contribution in [0.15, 0.2) is 28.1 Å². The fraction of sp³-hybridized carbons (Fsp3) is 0.462. The lowest BCUT2D eigenvalue weighted by atomic mass is 10.2. The van der Waals surface area contributed by atoms with Crippen LogP contribution in [-0.2, 0) is 6.54 Å². The molecule has 0 saturated carbocycles. The van der Waals surface area contributed by atoms with Gasteiger partial charge in [0.2, 0.25) is 0 Å². The fourth-order valence-electron chi connectivity index (χ4n) is 2.63. The Bertz CT molecular complexity index is 742. The van der Waals surface area contributed by atoms with Crippen molar-refractivity contribution >= 4 is 11.2 Å². The third kappa shape index (κ3) is 1.75. The van der Waals surface area contributed by atoms with Gasteiger partial charge in [-0.2, -0.15) is 0 Å². The zero-order valence-corrected chi connectivity index (χ0v) is 10.8. The predicted octanol–water partition coefficient (Wildman–Crippen LogP) is 1.19. The summed E-state index contributed by atoms with van der Waals surface area (Å²) in [5.74, 6) is 0. The van der Waals surface area contributed by atoms with Crippen LogP contribution in [-0.4, -0.2) is 19.1 Å². The van der Waals surface area contributed by atoms with Crippen molar-refractivity contribution in [1.82, 2.24) is 19.1 Å². The van der Waals surface area contributed by atoms with Crippen molar-refractivity contribution in [3.8, 4) is 0 Å². The molecule has 0 radical (unpaired) electrons. The summed E-state index contributed by atoms with van der Waals surface area (Å²) in [4.78, 5) is 31.8. The minimum Gasteiger partial charge on any atom is -0.339 e. The third-order valence-corrected chi connectivity index (χ3v) is 3.54. The number of imidazole rings is 1. The third-order valence-electron chi connectivity index (χ3n) is 3.54. The molecule has 2 aromatic heterocycles. The Labute approximate surface area is 109 Å². The predicted molar refractivity (Wildman–Crippen MR) is 72.3 cm³/mol. The molecule has 0 saturated heterocycles. The summed E-state index contributed by atoms with van der Waals surface area (Å²) in [5.41, 5.74) is 0.359. The summed E-state index contributed by atoms with van der Waals surface area (Å²) in [6.45, 7) is 2.39. The molecular formula is C13H16N4O2. The van der Waals surface area contributed by atoms with E-state index in [0.29, 0.717) is 17.7 Å². The number of aromatic nitrogens is 4. The number of aromatic amines is 1. The molecule has 0 bridgehead atoms. The fourth-order valence-corrected chi connectivity index (χ4v) is 2.63. The first-order valence-electron chi connectivity index (χ1n) is 6.57. The van der Waals surface area contributed by atoms with Crippen LogP contribution in [0.5, 0.6) is 0 Å². The normalized spacial score (nSPS) is 15.6. The summed E-state index contributed by atoms with van der Waals surface area (Å²) in [6, 6.07) is 0.0713. The number of nitrogens with zero attached hydrogens (tertiary/aromatic N) is 3. The second kappa shape index (κ2) is 4.53. The van der Waals surface area contributed by atoms with Crippen LogP contribution >= 0.6 is 0 Å². The molecule has 0 amide bonds. The number of hydrogen-bond donors (Lipinski definition) is 1. The molecule has 0 aliphatic heterocycles. The number of hydrogen-bond acceptors (Lipinski definition) is 3. The maximum absolute atomic E-state index is 12.5. The quantitative estimate of drug-likeness (QED) is 0.842. The minimum absolute atomic E-state index is 0.0713. The van der Waals surface area contributed by atoms with Crippen LogP contribution < -0.4 is 11.2 Å². The first kappa shape index (κ1) is 12.0. The Morgan fingerprint density at radius 2 is 2.11 bits per heavy atom. The van der Waals surface area contributed by atoms with Gasteiger partial charge >= 0.3 is 5.69 Å². The summed E-state index contributed by atoms with van der Waals surface area (Å²) in [5, 5.41) is 0. The van der Waals surface area contributed by atoms with Crippen molar-refractivity contribution in [1.29, 1.82) is 0 Å². The van der Waals surface area contributed by atoms with E-state index >= 15 is 0 Å². The van der Waals surface area contributed by atoms with Crippen molar-refractivity contribution in [2.24, 2.45) is 0 Å². The number of fused-ring (bicyclic) bond motifs is 1. The minimum atomic E-state index is -0.276. The SMILES string of the molecule is CCCn1c(=O)c2[nH]cnc2n(C2CC=CC2)c1=O. The van der Waals surface area contributed by atoms with Gasteiger partial charge in [-0.15, -0.1) is 0 Å². The van der Waals surface area contributed by atoms with Gasteiger partial charge in [0.15, 0.2) is 5.65 Å². The van der Waals surface area contributed by atoms with E-state index in [0.717, 1.165) is 19.3 Å². The van der Waals surface area contributed by atoms with Crippen LogP contribution in [0.1, 0.15) is 32.2 Å². The van der Waals surface area contributed by atoms with Gasteiger partial charge in [-0.1, -0.05) is 19.1 Å². The molecule has 2 heterocycles. The van der Waals surface area contributed by atoms with Gasteiger partial charge in [-0.05, 0) is 19.3 Å². The van der Waals surface area contributed by atoms with Crippen LogP contribution in [0.25, 0.3) is 11.2 Å². The summed E-state index contributed by atoms with van der Waals surface area (Å²) in [7, 11) is 0. The van der Waals surface area contributed by atoms with Crippen LogP contribution in [0, 0.1) is 0 Å². The average molecular weight is 260 g/mol. The molecule has 0 unspecified atom stereocenters. The molecule has 100 valence electrons. The lowest BCUT2D eigenvalue weighted by molar-refractivity contribution is 0.484. The van der Waals surface area contributed by atoms with Gasteiger partial charge in [0, 0.05) is 12.6 Å². The van der Waals surface area contributed by atoms with Crippen molar-refractivity contribution in [3.63, 3.8) is 0 Å². The van der Waals surface area contributed by atoms with Crippen LogP contribution in [0.2, 0.25) is 0 Å². The summed E-state index contributed by atoms with van der Waals surface area (Å²) in [6.07, 6.45) is 7.96. The molecule has 19 heavy (non-hydrogen) atoms. The van der Waals surface area contributed by atoms with Crippen molar-refractivity contribution in [2.75, 3.05) is 0 Å². The van der Waals surface area contributed by atoms with Crippen LogP contribution in [0.4, 0.5) is 0 Å². The molecule has 6 nitrogen and oxygen atoms in total. The van der Waals surface area contributed by atoms with Gasteiger partial charge in [0.05, 0.1) is 6.33 Å². The molecule has 3 rings (SSSR count). The number of H-pyrrole nitrogens is 1. The van der Waals surface area contributed by atoms with Gasteiger partial charge < -0.3 is 4.98 Å². The van der Waals surface area contributed by atoms with E-state index < -0.39 is 0 Å². The standard InChI is InChI=1S/C13H16N4O2/c1-2-7-16-12(18)10-11(15-8-14-10)17(13(16)19)9-5-3-4-6-9/h3-4,8-9H,2,5-7H2,1H3,(H,14,15). The molecule has 0 atom stereocenters. The van der Waals surface area contributed by atoms with E-state index in [1.165, 1.54) is 10.9 Å². The van der Waals surface area contributed by atoms with Crippen molar-refractivity contribution in [3.05, 3.63) is 39.3 Å². The van der Waals surface area contributed by atoms with E-state index in [2.05, 4.69) is 22.1 Å². The van der Waals surface area contributed by atoms with Gasteiger partial charge in [-0.25, -0.2) is 9.78 Å². The Balaban J connectivity index is 2.32. The Morgan fingerprint density at radius 3 is 2.79 bits per heavy atom. The number of nitrogens with one attached hydrogen (secondary N) is 1. The average Bonchev–Trinajstić information content (AvgIpc) is 3.05. The van der Waals surface area contributed by atoms with Crippen molar-refractivity contribution in [2.45, 2.75) is 38.8 Å². The lowest BCUT2D eigenvalue weighted by Crippen LogP contribution is -2.41. The highest BCUT2D eigenvalue weighted by Gasteiger charge is 2.21. The second-order valence-electron chi connectivity index (χ2n) is 4.81. The zero-order valence-electron chi connectivity index (χ0n) is 10.8. The van der Waals surface area contributed by atoms with E-state index in [1.54, 1.807) is 4.57 Å². The molecule has 0 fully saturated rings. The Kier molecular flexibility index (Phi) is 2.85. The highest BCUT2D eigenvalue weighted by atomic mass is 16.2. The molecular weight excluding hydrogens is 244 g/mol. The summed E-state index contributed by atoms with van der Waals surface area (Å²) < 4.78 is 2.96. The van der Waals surface area contributed by atoms with Crippen molar-refractivity contribution < 1.29 is 0 Å². The maximum atomic E-state index is 12.5. The smallest absolute Gasteiger partial charge is 0.333 e. The van der Waals surface area contributed by atoms with E-state index in [4.69, 9.17) is 0 Å². The molecule has 0 spiro atoms. The monoisotopic (exact) mass is 260 g/mol. The van der Waals surface area contributed by atoms with Gasteiger partial charge in [0.25, 0.3) is 5.56 Å². The van der Waals surface area contributed by atoms with E-state index in [-0.39, 0.29) is 17.3 Å². The highest BCUT2D eigenvalue weighted by Crippen LogP contribution is 2.23. The van der Waals surface area contributed by atoms with Gasteiger partial charge in [-0.3, -0.25) is 13.9 Å². The maximum Gasteiger partial charge on any atom is 0.333 e. The Morgan fingerprint density at radius 1 is 1.37 bits per heavy atom. The molecule has 2 aromatic rings. The lowest BCUT2D eigenvalue weighted by Gasteiger charge is -2.16. The highest BCUT2D eigenvalue weighted by molar-refractivity contribution is 5.69. The van der Waals surface area contributed by atoms with Crippen LogP contribution in [0.3, 0.4) is 0 Å². The first-order chi connectivity index (χ1) is 9.24. The molecule has 6 heteroatoms. The number of allylic oxidation sites excluding steroid dienone is 2. The first-order valence-corrected chi connectivity index (χ1v) is 6.57. The zero-order chi connectivity index (χ0) is 13.4. The summed E-state index contributed by atoms with van der Waals surface area (Å²) >= 11 is 0. The largest absolute Gasteiger partial charge is 0.339 e. The molecule has 1 N–H and O–H groups in total.